The Kier molecular flexibility index (Phi) is 3.61. The van der Waals surface area contributed by atoms with Gasteiger partial charge in [0.25, 0.3) is 0 Å². The minimum Gasteiger partial charge on any atom is -0.491 e. The molecule has 0 unspecified atom stereocenters. The zero-order chi connectivity index (χ0) is 12.3. The van der Waals surface area contributed by atoms with Gasteiger partial charge in [-0.05, 0) is 30.5 Å². The molecular weight excluding hydrogens is 221 g/mol. The number of rotatable bonds is 4. The van der Waals surface area contributed by atoms with E-state index in [1.807, 2.05) is 13.0 Å². The molecule has 0 spiro atoms. The number of carbonyl (C=O) groups is 1. The molecule has 1 aromatic rings. The number of nitrogens with one attached hydrogen (secondary N) is 1. The van der Waals surface area contributed by atoms with E-state index in [0.29, 0.717) is 18.8 Å². The Morgan fingerprint density at radius 2 is 2.29 bits per heavy atom. The Labute approximate surface area is 100.0 Å². The van der Waals surface area contributed by atoms with Gasteiger partial charge in [-0.3, -0.25) is 4.79 Å². The minimum atomic E-state index is -0.283. The van der Waals surface area contributed by atoms with Gasteiger partial charge in [0, 0.05) is 12.5 Å². The highest BCUT2D eigenvalue weighted by Crippen LogP contribution is 2.18. The van der Waals surface area contributed by atoms with Gasteiger partial charge in [-0.1, -0.05) is 6.92 Å². The SMILES string of the molecule is CCc1cc(F)cc(OC[C@@H]2CCC(=O)N2)c1. The summed E-state index contributed by atoms with van der Waals surface area (Å²) in [6, 6.07) is 4.76. The Bertz CT molecular complexity index is 420. The molecule has 1 amide bonds. The summed E-state index contributed by atoms with van der Waals surface area (Å²) >= 11 is 0. The molecular formula is C13H16FNO2. The maximum absolute atomic E-state index is 13.2. The van der Waals surface area contributed by atoms with Crippen molar-refractivity contribution < 1.29 is 13.9 Å². The van der Waals surface area contributed by atoms with Crippen LogP contribution >= 0.6 is 0 Å². The van der Waals surface area contributed by atoms with Crippen LogP contribution in [0.2, 0.25) is 0 Å². The van der Waals surface area contributed by atoms with Crippen molar-refractivity contribution in [2.75, 3.05) is 6.61 Å². The Hall–Kier alpha value is -1.58. The van der Waals surface area contributed by atoms with Crippen molar-refractivity contribution in [2.45, 2.75) is 32.2 Å². The van der Waals surface area contributed by atoms with Gasteiger partial charge in [-0.15, -0.1) is 0 Å². The first-order chi connectivity index (χ1) is 8.17. The van der Waals surface area contributed by atoms with E-state index in [1.54, 1.807) is 0 Å². The highest BCUT2D eigenvalue weighted by Gasteiger charge is 2.21. The summed E-state index contributed by atoms with van der Waals surface area (Å²) in [5.74, 6) is 0.310. The standard InChI is InChI=1S/C13H16FNO2/c1-2-9-5-10(14)7-12(6-9)17-8-11-3-4-13(16)15-11/h5-7,11H,2-4,8H2,1H3,(H,15,16)/t11-/m0/s1. The summed E-state index contributed by atoms with van der Waals surface area (Å²) in [7, 11) is 0. The number of hydrogen-bond acceptors (Lipinski definition) is 2. The van der Waals surface area contributed by atoms with Crippen molar-refractivity contribution in [3.63, 3.8) is 0 Å². The number of ether oxygens (including phenoxy) is 1. The molecule has 1 N–H and O–H groups in total. The summed E-state index contributed by atoms with van der Waals surface area (Å²) in [5.41, 5.74) is 0.912. The summed E-state index contributed by atoms with van der Waals surface area (Å²) in [6.07, 6.45) is 2.11. The Morgan fingerprint density at radius 3 is 2.94 bits per heavy atom. The first-order valence-corrected chi connectivity index (χ1v) is 5.89. The molecule has 1 aliphatic rings. The molecule has 1 aromatic carbocycles. The summed E-state index contributed by atoms with van der Waals surface area (Å²) in [4.78, 5) is 11.0. The third kappa shape index (κ3) is 3.19. The lowest BCUT2D eigenvalue weighted by atomic mass is 10.1. The fraction of sp³-hybridized carbons (Fsp3) is 0.462. The first-order valence-electron chi connectivity index (χ1n) is 5.89. The molecule has 3 nitrogen and oxygen atoms in total. The van der Waals surface area contributed by atoms with Crippen molar-refractivity contribution in [1.82, 2.24) is 5.32 Å². The van der Waals surface area contributed by atoms with E-state index in [2.05, 4.69) is 5.32 Å². The molecule has 0 radical (unpaired) electrons. The second kappa shape index (κ2) is 5.17. The van der Waals surface area contributed by atoms with Gasteiger partial charge in [0.1, 0.15) is 18.2 Å². The molecule has 1 atom stereocenters. The second-order valence-corrected chi connectivity index (χ2v) is 4.26. The first kappa shape index (κ1) is 11.9. The van der Waals surface area contributed by atoms with E-state index in [4.69, 9.17) is 4.74 Å². The lowest BCUT2D eigenvalue weighted by molar-refractivity contribution is -0.119. The molecule has 4 heteroatoms. The predicted molar refractivity (Wildman–Crippen MR) is 62.4 cm³/mol. The van der Waals surface area contributed by atoms with Crippen molar-refractivity contribution >= 4 is 5.91 Å². The quantitative estimate of drug-likeness (QED) is 0.870. The van der Waals surface area contributed by atoms with E-state index >= 15 is 0 Å². The topological polar surface area (TPSA) is 38.3 Å². The summed E-state index contributed by atoms with van der Waals surface area (Å²) in [6.45, 7) is 2.37. The van der Waals surface area contributed by atoms with E-state index in [0.717, 1.165) is 18.4 Å². The molecule has 17 heavy (non-hydrogen) atoms. The van der Waals surface area contributed by atoms with Gasteiger partial charge in [-0.25, -0.2) is 4.39 Å². The maximum atomic E-state index is 13.2. The van der Waals surface area contributed by atoms with Gasteiger partial charge < -0.3 is 10.1 Å². The Morgan fingerprint density at radius 1 is 1.47 bits per heavy atom. The van der Waals surface area contributed by atoms with Crippen LogP contribution in [0.3, 0.4) is 0 Å². The largest absolute Gasteiger partial charge is 0.491 e. The van der Waals surface area contributed by atoms with Crippen molar-refractivity contribution in [1.29, 1.82) is 0 Å². The fourth-order valence-corrected chi connectivity index (χ4v) is 1.91. The molecule has 1 saturated heterocycles. The zero-order valence-electron chi connectivity index (χ0n) is 9.83. The highest BCUT2D eigenvalue weighted by atomic mass is 19.1. The molecule has 0 saturated carbocycles. The monoisotopic (exact) mass is 237 g/mol. The smallest absolute Gasteiger partial charge is 0.220 e. The van der Waals surface area contributed by atoms with Crippen LogP contribution in [-0.4, -0.2) is 18.6 Å². The lowest BCUT2D eigenvalue weighted by Gasteiger charge is -2.12. The number of halogens is 1. The molecule has 0 aromatic heterocycles. The van der Waals surface area contributed by atoms with Crippen LogP contribution in [0, 0.1) is 5.82 Å². The average molecular weight is 237 g/mol. The van der Waals surface area contributed by atoms with Crippen LogP contribution in [0.5, 0.6) is 5.75 Å². The molecule has 1 heterocycles. The van der Waals surface area contributed by atoms with Gasteiger partial charge in [0.05, 0.1) is 6.04 Å². The molecule has 92 valence electrons. The number of hydrogen-bond donors (Lipinski definition) is 1. The van der Waals surface area contributed by atoms with Crippen LogP contribution in [0.1, 0.15) is 25.3 Å². The van der Waals surface area contributed by atoms with Gasteiger partial charge in [0.15, 0.2) is 0 Å². The Balaban J connectivity index is 1.94. The second-order valence-electron chi connectivity index (χ2n) is 4.26. The van der Waals surface area contributed by atoms with Gasteiger partial charge in [-0.2, -0.15) is 0 Å². The molecule has 1 aliphatic heterocycles. The minimum absolute atomic E-state index is 0.0517. The van der Waals surface area contributed by atoms with Crippen LogP contribution in [0.15, 0.2) is 18.2 Å². The number of aryl methyl sites for hydroxylation is 1. The molecule has 1 fully saturated rings. The van der Waals surface area contributed by atoms with Crippen LogP contribution < -0.4 is 10.1 Å². The number of amides is 1. The third-order valence-electron chi connectivity index (χ3n) is 2.88. The highest BCUT2D eigenvalue weighted by molar-refractivity contribution is 5.78. The van der Waals surface area contributed by atoms with Gasteiger partial charge in [0.2, 0.25) is 5.91 Å². The third-order valence-corrected chi connectivity index (χ3v) is 2.88. The molecule has 2 rings (SSSR count). The van der Waals surface area contributed by atoms with Crippen molar-refractivity contribution in [3.8, 4) is 5.75 Å². The molecule has 0 aliphatic carbocycles. The summed E-state index contributed by atoms with van der Waals surface area (Å²) < 4.78 is 18.7. The van der Waals surface area contributed by atoms with Crippen molar-refractivity contribution in [3.05, 3.63) is 29.6 Å². The van der Waals surface area contributed by atoms with E-state index in [9.17, 15) is 9.18 Å². The molecule has 0 bridgehead atoms. The average Bonchev–Trinajstić information content (AvgIpc) is 2.72. The van der Waals surface area contributed by atoms with Crippen LogP contribution in [0.25, 0.3) is 0 Å². The van der Waals surface area contributed by atoms with Crippen molar-refractivity contribution in [2.24, 2.45) is 0 Å². The predicted octanol–water partition coefficient (Wildman–Crippen LogP) is 2.05. The number of carbonyl (C=O) groups excluding carboxylic acids is 1. The normalized spacial score (nSPS) is 19.2. The fourth-order valence-electron chi connectivity index (χ4n) is 1.91. The number of benzene rings is 1. The van der Waals surface area contributed by atoms with E-state index in [-0.39, 0.29) is 17.8 Å². The van der Waals surface area contributed by atoms with Crippen LogP contribution in [-0.2, 0) is 11.2 Å². The summed E-state index contributed by atoms with van der Waals surface area (Å²) in [5, 5.41) is 2.81. The van der Waals surface area contributed by atoms with Gasteiger partial charge >= 0.3 is 0 Å². The van der Waals surface area contributed by atoms with E-state index < -0.39 is 0 Å². The van der Waals surface area contributed by atoms with E-state index in [1.165, 1.54) is 12.1 Å². The lowest BCUT2D eigenvalue weighted by Crippen LogP contribution is -2.30. The zero-order valence-corrected chi connectivity index (χ0v) is 9.83. The van der Waals surface area contributed by atoms with Crippen LogP contribution in [0.4, 0.5) is 4.39 Å². The maximum Gasteiger partial charge on any atom is 0.220 e.